The number of nitrogens with one attached hydrogen (secondary N) is 2. The van der Waals surface area contributed by atoms with Gasteiger partial charge in [0.25, 0.3) is 5.91 Å². The maximum absolute atomic E-state index is 14.1. The molecule has 0 aliphatic carbocycles. The lowest BCUT2D eigenvalue weighted by Crippen LogP contribution is -2.30. The zero-order valence-electron chi connectivity index (χ0n) is 18.4. The van der Waals surface area contributed by atoms with Gasteiger partial charge in [0, 0.05) is 17.3 Å². The van der Waals surface area contributed by atoms with Crippen LogP contribution in [0.3, 0.4) is 0 Å². The highest BCUT2D eigenvalue weighted by Crippen LogP contribution is 2.30. The molecule has 0 fully saturated rings. The van der Waals surface area contributed by atoms with E-state index in [1.165, 1.54) is 36.5 Å². The molecular weight excluding hydrogens is 457 g/mol. The number of sulfonamides is 1. The lowest BCUT2D eigenvalue weighted by atomic mass is 10.1. The summed E-state index contributed by atoms with van der Waals surface area (Å²) in [7, 11) is -3.63. The molecule has 0 atom stereocenters. The van der Waals surface area contributed by atoms with Crippen LogP contribution >= 0.6 is 0 Å². The number of carbonyl (C=O) groups is 1. The molecule has 0 saturated heterocycles. The Hall–Kier alpha value is -3.82. The predicted molar refractivity (Wildman–Crippen MR) is 127 cm³/mol. The van der Waals surface area contributed by atoms with E-state index in [1.54, 1.807) is 56.3 Å². The molecule has 0 unspecified atom stereocenters. The van der Waals surface area contributed by atoms with Crippen LogP contribution in [0.15, 0.2) is 88.3 Å². The number of anilines is 1. The summed E-state index contributed by atoms with van der Waals surface area (Å²) in [6, 6.07) is 18.5. The van der Waals surface area contributed by atoms with Crippen LogP contribution in [0.4, 0.5) is 10.1 Å². The third-order valence-corrected chi connectivity index (χ3v) is 6.53. The monoisotopic (exact) mass is 479 g/mol. The number of aromatic nitrogens is 1. The maximum Gasteiger partial charge on any atom is 0.256 e. The van der Waals surface area contributed by atoms with Gasteiger partial charge in [-0.15, -0.1) is 0 Å². The maximum atomic E-state index is 14.1. The van der Waals surface area contributed by atoms with Crippen molar-refractivity contribution in [3.63, 3.8) is 0 Å². The number of benzene rings is 3. The summed E-state index contributed by atoms with van der Waals surface area (Å²) in [4.78, 5) is 17.3. The highest BCUT2D eigenvalue weighted by Gasteiger charge is 2.19. The standard InChI is InChI=1S/C25H22FN3O4S/c1-16(2)29-34(31,32)18-13-11-17(12-14-18)28-24(30)19-7-3-4-8-20(19)25-27-15-23(33-25)21-9-5-6-10-22(21)26/h3-16,29H,1-2H3,(H,28,30). The predicted octanol–water partition coefficient (Wildman–Crippen LogP) is 5.09. The SMILES string of the molecule is CC(C)NS(=O)(=O)c1ccc(NC(=O)c2ccccc2-c2ncc(-c3ccccc3F)o2)cc1. The zero-order chi connectivity index (χ0) is 24.3. The summed E-state index contributed by atoms with van der Waals surface area (Å²) in [6.07, 6.45) is 1.41. The molecule has 1 aromatic heterocycles. The van der Waals surface area contributed by atoms with Gasteiger partial charge in [-0.3, -0.25) is 4.79 Å². The third kappa shape index (κ3) is 5.05. The van der Waals surface area contributed by atoms with Gasteiger partial charge >= 0.3 is 0 Å². The van der Waals surface area contributed by atoms with Gasteiger partial charge < -0.3 is 9.73 Å². The summed E-state index contributed by atoms with van der Waals surface area (Å²) in [5.74, 6) is -0.456. The molecule has 2 N–H and O–H groups in total. The van der Waals surface area contributed by atoms with Crippen molar-refractivity contribution in [2.75, 3.05) is 5.32 Å². The van der Waals surface area contributed by atoms with Crippen molar-refractivity contribution in [2.24, 2.45) is 0 Å². The number of amides is 1. The highest BCUT2D eigenvalue weighted by atomic mass is 32.2. The van der Waals surface area contributed by atoms with Gasteiger partial charge in [0.1, 0.15) is 5.82 Å². The summed E-state index contributed by atoms with van der Waals surface area (Å²) in [5, 5.41) is 2.75. The molecule has 0 aliphatic heterocycles. The summed E-state index contributed by atoms with van der Waals surface area (Å²) < 4.78 is 46.9. The second-order valence-corrected chi connectivity index (χ2v) is 9.52. The fourth-order valence-corrected chi connectivity index (χ4v) is 4.60. The van der Waals surface area contributed by atoms with E-state index >= 15 is 0 Å². The van der Waals surface area contributed by atoms with Crippen molar-refractivity contribution in [1.29, 1.82) is 0 Å². The van der Waals surface area contributed by atoms with Crippen LogP contribution in [0.5, 0.6) is 0 Å². The van der Waals surface area contributed by atoms with Crippen molar-refractivity contribution in [1.82, 2.24) is 9.71 Å². The molecule has 0 spiro atoms. The highest BCUT2D eigenvalue weighted by molar-refractivity contribution is 7.89. The van der Waals surface area contributed by atoms with Gasteiger partial charge in [-0.1, -0.05) is 24.3 Å². The fourth-order valence-electron chi connectivity index (χ4n) is 3.35. The van der Waals surface area contributed by atoms with Gasteiger partial charge in [-0.2, -0.15) is 0 Å². The Kier molecular flexibility index (Phi) is 6.58. The minimum absolute atomic E-state index is 0.0973. The van der Waals surface area contributed by atoms with Crippen LogP contribution in [0, 0.1) is 5.82 Å². The van der Waals surface area contributed by atoms with Crippen molar-refractivity contribution in [2.45, 2.75) is 24.8 Å². The van der Waals surface area contributed by atoms with E-state index < -0.39 is 21.7 Å². The zero-order valence-corrected chi connectivity index (χ0v) is 19.3. The average molecular weight is 480 g/mol. The van der Waals surface area contributed by atoms with E-state index in [9.17, 15) is 17.6 Å². The van der Waals surface area contributed by atoms with Gasteiger partial charge in [0.2, 0.25) is 15.9 Å². The van der Waals surface area contributed by atoms with Gasteiger partial charge in [0.15, 0.2) is 5.76 Å². The van der Waals surface area contributed by atoms with E-state index in [0.29, 0.717) is 16.8 Å². The minimum Gasteiger partial charge on any atom is -0.436 e. The number of halogens is 1. The molecule has 0 bridgehead atoms. The first kappa shape index (κ1) is 23.3. The molecule has 0 saturated carbocycles. The quantitative estimate of drug-likeness (QED) is 0.385. The Morgan fingerprint density at radius 1 is 0.941 bits per heavy atom. The molecule has 7 nitrogen and oxygen atoms in total. The molecule has 0 aliphatic rings. The van der Waals surface area contributed by atoms with Crippen molar-refractivity contribution in [3.8, 4) is 22.8 Å². The summed E-state index contributed by atoms with van der Waals surface area (Å²) in [5.41, 5.74) is 1.42. The molecule has 174 valence electrons. The van der Waals surface area contributed by atoms with Crippen molar-refractivity contribution < 1.29 is 22.0 Å². The molecular formula is C25H22FN3O4S. The summed E-state index contributed by atoms with van der Waals surface area (Å²) in [6.45, 7) is 3.47. The van der Waals surface area contributed by atoms with Crippen LogP contribution in [-0.2, 0) is 10.0 Å². The first-order valence-electron chi connectivity index (χ1n) is 10.5. The van der Waals surface area contributed by atoms with Gasteiger partial charge in [-0.25, -0.2) is 22.5 Å². The molecule has 4 rings (SSSR count). The normalized spacial score (nSPS) is 11.5. The Morgan fingerprint density at radius 2 is 1.59 bits per heavy atom. The molecule has 9 heteroatoms. The van der Waals surface area contributed by atoms with Crippen molar-refractivity contribution >= 4 is 21.6 Å². The smallest absolute Gasteiger partial charge is 0.256 e. The number of hydrogen-bond donors (Lipinski definition) is 2. The van der Waals surface area contributed by atoms with Crippen LogP contribution < -0.4 is 10.0 Å². The van der Waals surface area contributed by atoms with E-state index in [2.05, 4.69) is 15.0 Å². The number of nitrogens with zero attached hydrogens (tertiary/aromatic N) is 1. The number of hydrogen-bond acceptors (Lipinski definition) is 5. The first-order valence-corrected chi connectivity index (χ1v) is 12.0. The molecule has 4 aromatic rings. The van der Waals surface area contributed by atoms with E-state index in [1.807, 2.05) is 0 Å². The largest absolute Gasteiger partial charge is 0.436 e. The van der Waals surface area contributed by atoms with Crippen LogP contribution in [0.2, 0.25) is 0 Å². The molecule has 0 radical (unpaired) electrons. The number of carbonyl (C=O) groups excluding carboxylic acids is 1. The van der Waals surface area contributed by atoms with Crippen LogP contribution in [-0.4, -0.2) is 25.4 Å². The average Bonchev–Trinajstić information content (AvgIpc) is 3.29. The molecule has 3 aromatic carbocycles. The van der Waals surface area contributed by atoms with Gasteiger partial charge in [-0.05, 0) is 62.4 Å². The van der Waals surface area contributed by atoms with Gasteiger partial charge in [0.05, 0.1) is 22.2 Å². The second kappa shape index (κ2) is 9.58. The fraction of sp³-hybridized carbons (Fsp3) is 0.120. The van der Waals surface area contributed by atoms with E-state index in [-0.39, 0.29) is 28.2 Å². The lowest BCUT2D eigenvalue weighted by molar-refractivity contribution is 0.102. The second-order valence-electron chi connectivity index (χ2n) is 7.81. The van der Waals surface area contributed by atoms with Crippen LogP contribution in [0.25, 0.3) is 22.8 Å². The first-order chi connectivity index (χ1) is 16.2. The van der Waals surface area contributed by atoms with Crippen LogP contribution in [0.1, 0.15) is 24.2 Å². The molecule has 1 heterocycles. The number of rotatable bonds is 7. The Morgan fingerprint density at radius 3 is 2.26 bits per heavy atom. The van der Waals surface area contributed by atoms with Crippen molar-refractivity contribution in [3.05, 3.63) is 90.4 Å². The minimum atomic E-state index is -3.63. The Balaban J connectivity index is 1.57. The summed E-state index contributed by atoms with van der Waals surface area (Å²) >= 11 is 0. The lowest BCUT2D eigenvalue weighted by Gasteiger charge is -2.11. The van der Waals surface area contributed by atoms with E-state index in [0.717, 1.165) is 0 Å². The van der Waals surface area contributed by atoms with E-state index in [4.69, 9.17) is 4.42 Å². The topological polar surface area (TPSA) is 101 Å². The Labute approximate surface area is 196 Å². The number of oxazole rings is 1. The third-order valence-electron chi connectivity index (χ3n) is 4.86. The Bertz CT molecular complexity index is 1430. The molecule has 1 amide bonds. The molecule has 34 heavy (non-hydrogen) atoms.